The van der Waals surface area contributed by atoms with Crippen LogP contribution >= 0.6 is 0 Å². The summed E-state index contributed by atoms with van der Waals surface area (Å²) in [7, 11) is 0. The molecule has 1 aliphatic carbocycles. The first-order chi connectivity index (χ1) is 15.4. The van der Waals surface area contributed by atoms with Crippen molar-refractivity contribution in [3.8, 4) is 5.75 Å². The van der Waals surface area contributed by atoms with Crippen molar-refractivity contribution in [2.24, 2.45) is 5.92 Å². The second kappa shape index (κ2) is 8.50. The number of fused-ring (bicyclic) bond motifs is 1. The molecule has 1 saturated heterocycles. The zero-order valence-electron chi connectivity index (χ0n) is 18.6. The number of rotatable bonds is 5. The molecule has 0 aromatic heterocycles. The zero-order chi connectivity index (χ0) is 22.3. The van der Waals surface area contributed by atoms with Crippen LogP contribution in [0.1, 0.15) is 61.0 Å². The first-order valence-electron chi connectivity index (χ1n) is 11.7. The lowest BCUT2D eigenvalue weighted by Gasteiger charge is -2.46. The first kappa shape index (κ1) is 21.4. The van der Waals surface area contributed by atoms with E-state index in [1.807, 2.05) is 49.4 Å². The maximum atomic E-state index is 11.9. The average Bonchev–Trinajstić information content (AvgIpc) is 3.62. The summed E-state index contributed by atoms with van der Waals surface area (Å²) in [6.45, 7) is 4.22. The lowest BCUT2D eigenvalue weighted by molar-refractivity contribution is -0.117. The Morgan fingerprint density at radius 3 is 2.59 bits per heavy atom. The van der Waals surface area contributed by atoms with Crippen molar-refractivity contribution in [1.29, 1.82) is 0 Å². The molecule has 6 heteroatoms. The van der Waals surface area contributed by atoms with Crippen LogP contribution in [0.4, 0.5) is 5.69 Å². The largest absolute Gasteiger partial charge is 0.487 e. The number of carbonyl (C=O) groups is 1. The highest BCUT2D eigenvalue weighted by Crippen LogP contribution is 2.44. The number of hydrogen-bond acceptors (Lipinski definition) is 5. The number of β-amino-alcohol motifs (C(OH)–C–C–N with tert-alkyl or cyclic N) is 1. The van der Waals surface area contributed by atoms with E-state index in [1.54, 1.807) is 0 Å². The highest BCUT2D eigenvalue weighted by molar-refractivity contribution is 5.94. The second-order valence-corrected chi connectivity index (χ2v) is 9.75. The van der Waals surface area contributed by atoms with Crippen LogP contribution in [0, 0.1) is 12.8 Å². The Morgan fingerprint density at radius 1 is 1.19 bits per heavy atom. The Morgan fingerprint density at radius 2 is 1.91 bits per heavy atom. The minimum absolute atomic E-state index is 0.0911. The molecular weight excluding hydrogens is 404 g/mol. The predicted molar refractivity (Wildman–Crippen MR) is 123 cm³/mol. The van der Waals surface area contributed by atoms with E-state index >= 15 is 0 Å². The summed E-state index contributed by atoms with van der Waals surface area (Å²) in [5.74, 6) is 1.07. The Labute approximate surface area is 189 Å². The molecular formula is C26H32N2O4. The predicted octanol–water partition coefficient (Wildman–Crippen LogP) is 3.73. The van der Waals surface area contributed by atoms with Gasteiger partial charge in [-0.15, -0.1) is 0 Å². The first-order valence-corrected chi connectivity index (χ1v) is 11.7. The minimum Gasteiger partial charge on any atom is -0.487 e. The van der Waals surface area contributed by atoms with Gasteiger partial charge in [0, 0.05) is 43.2 Å². The zero-order valence-corrected chi connectivity index (χ0v) is 18.6. The Bertz CT molecular complexity index is 978. The molecule has 5 rings (SSSR count). The average molecular weight is 437 g/mol. The molecule has 2 heterocycles. The molecule has 3 aliphatic rings. The molecule has 2 aromatic rings. The van der Waals surface area contributed by atoms with E-state index in [0.29, 0.717) is 13.0 Å². The Hall–Kier alpha value is -2.41. The van der Waals surface area contributed by atoms with E-state index in [-0.39, 0.29) is 17.4 Å². The molecule has 0 radical (unpaired) electrons. The van der Waals surface area contributed by atoms with Crippen molar-refractivity contribution in [3.63, 3.8) is 0 Å². The Balaban J connectivity index is 1.15. The normalized spacial score (nSPS) is 23.3. The smallest absolute Gasteiger partial charge is 0.227 e. The fourth-order valence-electron chi connectivity index (χ4n) is 4.94. The molecule has 2 fully saturated rings. The monoisotopic (exact) mass is 436 g/mol. The van der Waals surface area contributed by atoms with Gasteiger partial charge in [-0.3, -0.25) is 4.79 Å². The molecule has 1 amide bonds. The topological polar surface area (TPSA) is 82.0 Å². The lowest BCUT2D eigenvalue weighted by atomic mass is 9.81. The van der Waals surface area contributed by atoms with Gasteiger partial charge in [-0.1, -0.05) is 23.8 Å². The molecule has 3 N–H and O–H groups in total. The number of carbonyl (C=O) groups excluding carboxylic acids is 1. The van der Waals surface area contributed by atoms with Crippen molar-refractivity contribution in [1.82, 2.24) is 4.90 Å². The van der Waals surface area contributed by atoms with Gasteiger partial charge < -0.3 is 25.2 Å². The number of aryl methyl sites for hydroxylation is 1. The molecule has 1 spiro atoms. The fraction of sp³-hybridized carbons (Fsp3) is 0.500. The number of nitrogens with one attached hydrogen (secondary N) is 1. The number of nitrogens with zero attached hydrogens (tertiary/aromatic N) is 1. The molecule has 2 atom stereocenters. The van der Waals surface area contributed by atoms with E-state index in [0.717, 1.165) is 66.9 Å². The van der Waals surface area contributed by atoms with Crippen LogP contribution in [0.5, 0.6) is 5.75 Å². The standard InChI is InChI=1S/C26H32N2O4/c1-17-2-9-24-21(14-17)22(29)15-26(32-24)10-12-28(13-11-26)16-23(30)18-5-7-20(8-6-18)27-25(31)19-3-4-19/h2,5-9,14,19,22-23,29-30H,3-4,10-13,15-16H2,1H3,(H,27,31). The van der Waals surface area contributed by atoms with Crippen molar-refractivity contribution in [2.75, 3.05) is 25.0 Å². The molecule has 2 aromatic carbocycles. The van der Waals surface area contributed by atoms with Crippen molar-refractivity contribution in [2.45, 2.75) is 56.8 Å². The van der Waals surface area contributed by atoms with Gasteiger partial charge in [0.05, 0.1) is 12.2 Å². The molecule has 2 aliphatic heterocycles. The van der Waals surface area contributed by atoms with Crippen LogP contribution in [-0.2, 0) is 4.79 Å². The van der Waals surface area contributed by atoms with E-state index in [4.69, 9.17) is 4.74 Å². The van der Waals surface area contributed by atoms with Crippen LogP contribution in [-0.4, -0.2) is 46.3 Å². The summed E-state index contributed by atoms with van der Waals surface area (Å²) in [6.07, 6.45) is 3.17. The third-order valence-corrected chi connectivity index (χ3v) is 7.13. The van der Waals surface area contributed by atoms with Crippen LogP contribution in [0.15, 0.2) is 42.5 Å². The minimum atomic E-state index is -0.584. The van der Waals surface area contributed by atoms with Crippen molar-refractivity contribution < 1.29 is 19.7 Å². The van der Waals surface area contributed by atoms with Gasteiger partial charge in [0.2, 0.25) is 5.91 Å². The summed E-state index contributed by atoms with van der Waals surface area (Å²) in [5, 5.41) is 24.4. The van der Waals surface area contributed by atoms with Gasteiger partial charge in [-0.05, 0) is 62.4 Å². The molecule has 32 heavy (non-hydrogen) atoms. The van der Waals surface area contributed by atoms with Gasteiger partial charge in [-0.25, -0.2) is 0 Å². The Kier molecular flexibility index (Phi) is 5.70. The van der Waals surface area contributed by atoms with Crippen molar-refractivity contribution in [3.05, 3.63) is 59.2 Å². The van der Waals surface area contributed by atoms with Crippen LogP contribution in [0.2, 0.25) is 0 Å². The fourth-order valence-corrected chi connectivity index (χ4v) is 4.94. The van der Waals surface area contributed by atoms with Crippen molar-refractivity contribution >= 4 is 11.6 Å². The van der Waals surface area contributed by atoms with Crippen LogP contribution < -0.4 is 10.1 Å². The van der Waals surface area contributed by atoms with Gasteiger partial charge in [0.1, 0.15) is 11.4 Å². The van der Waals surface area contributed by atoms with Crippen LogP contribution in [0.25, 0.3) is 0 Å². The third-order valence-electron chi connectivity index (χ3n) is 7.13. The quantitative estimate of drug-likeness (QED) is 0.665. The SMILES string of the molecule is Cc1ccc2c(c1)C(O)CC1(CCN(CC(O)c3ccc(NC(=O)C4CC4)cc3)CC1)O2. The summed E-state index contributed by atoms with van der Waals surface area (Å²) in [6, 6.07) is 13.5. The third kappa shape index (κ3) is 4.53. The van der Waals surface area contributed by atoms with Gasteiger partial charge in [0.25, 0.3) is 0 Å². The van der Waals surface area contributed by atoms with E-state index in [2.05, 4.69) is 10.2 Å². The number of aliphatic hydroxyl groups excluding tert-OH is 2. The van der Waals surface area contributed by atoms with E-state index in [9.17, 15) is 15.0 Å². The molecule has 2 unspecified atom stereocenters. The highest BCUT2D eigenvalue weighted by atomic mass is 16.5. The van der Waals surface area contributed by atoms with Gasteiger partial charge in [-0.2, -0.15) is 0 Å². The number of ether oxygens (including phenoxy) is 1. The lowest BCUT2D eigenvalue weighted by Crippen LogP contribution is -2.51. The number of benzene rings is 2. The maximum Gasteiger partial charge on any atom is 0.227 e. The number of piperidine rings is 1. The molecule has 1 saturated carbocycles. The van der Waals surface area contributed by atoms with E-state index < -0.39 is 12.2 Å². The second-order valence-electron chi connectivity index (χ2n) is 9.75. The summed E-state index contributed by atoms with van der Waals surface area (Å²) < 4.78 is 6.41. The van der Waals surface area contributed by atoms with E-state index in [1.165, 1.54) is 0 Å². The molecule has 170 valence electrons. The highest BCUT2D eigenvalue weighted by Gasteiger charge is 2.43. The number of aliphatic hydroxyl groups is 2. The molecule has 0 bridgehead atoms. The number of anilines is 1. The van der Waals surface area contributed by atoms with Crippen LogP contribution in [0.3, 0.4) is 0 Å². The maximum absolute atomic E-state index is 11.9. The molecule has 6 nitrogen and oxygen atoms in total. The summed E-state index contributed by atoms with van der Waals surface area (Å²) in [4.78, 5) is 14.2. The van der Waals surface area contributed by atoms with Gasteiger partial charge in [0.15, 0.2) is 0 Å². The summed E-state index contributed by atoms with van der Waals surface area (Å²) >= 11 is 0. The van der Waals surface area contributed by atoms with Gasteiger partial charge >= 0.3 is 0 Å². The number of amides is 1. The number of likely N-dealkylation sites (tertiary alicyclic amines) is 1. The number of hydrogen-bond donors (Lipinski definition) is 3. The summed E-state index contributed by atoms with van der Waals surface area (Å²) in [5.41, 5.74) is 3.32.